The Labute approximate surface area is 167 Å². The molecule has 3 atom stereocenters. The van der Waals surface area contributed by atoms with Crippen molar-refractivity contribution in [3.05, 3.63) is 94.5 Å². The fraction of sp³-hybridized carbons (Fsp3) is 0.182. The Morgan fingerprint density at radius 1 is 1.11 bits per heavy atom. The van der Waals surface area contributed by atoms with Gasteiger partial charge >= 0.3 is 0 Å². The van der Waals surface area contributed by atoms with Gasteiger partial charge in [-0.15, -0.1) is 11.3 Å². The first-order chi connectivity index (χ1) is 13.7. The second-order valence-corrected chi connectivity index (χ2v) is 7.72. The number of thiophene rings is 1. The number of allylic oxidation sites excluding steroid dienone is 2. The van der Waals surface area contributed by atoms with Gasteiger partial charge < -0.3 is 16.0 Å². The standard InChI is InChI=1S/C22H21N3O2S/c26-21(24-17-9-4-8-16-11-12-23-20(16)17)18(14-15-6-2-1-3-7-15)25-22(27)19-10-5-13-28-19/h1-13,16,18,20,23H,14H2,(H,24,26)(H,25,27). The third-order valence-corrected chi connectivity index (χ3v) is 5.71. The number of carbonyl (C=O) groups excluding carboxylic acids is 2. The molecule has 0 radical (unpaired) electrons. The van der Waals surface area contributed by atoms with Gasteiger partial charge in [-0.1, -0.05) is 54.6 Å². The molecule has 3 N–H and O–H groups in total. The van der Waals surface area contributed by atoms with Crippen LogP contribution < -0.4 is 16.0 Å². The molecule has 2 heterocycles. The molecule has 0 saturated heterocycles. The van der Waals surface area contributed by atoms with E-state index in [0.717, 1.165) is 11.3 Å². The highest BCUT2D eigenvalue weighted by Gasteiger charge is 2.29. The second-order valence-electron chi connectivity index (χ2n) is 6.77. The lowest BCUT2D eigenvalue weighted by Crippen LogP contribution is -2.50. The summed E-state index contributed by atoms with van der Waals surface area (Å²) in [5, 5.41) is 11.0. The highest BCUT2D eigenvalue weighted by Crippen LogP contribution is 2.23. The van der Waals surface area contributed by atoms with Gasteiger partial charge in [0.05, 0.1) is 10.9 Å². The van der Waals surface area contributed by atoms with Gasteiger partial charge in [-0.3, -0.25) is 9.59 Å². The Hall–Kier alpha value is -3.12. The van der Waals surface area contributed by atoms with Crippen LogP contribution in [0.5, 0.6) is 0 Å². The number of rotatable bonds is 6. The molecule has 1 aliphatic carbocycles. The van der Waals surface area contributed by atoms with Gasteiger partial charge in [0.15, 0.2) is 0 Å². The summed E-state index contributed by atoms with van der Waals surface area (Å²) in [5.74, 6) is -0.224. The van der Waals surface area contributed by atoms with Crippen molar-refractivity contribution in [3.8, 4) is 0 Å². The highest BCUT2D eigenvalue weighted by atomic mass is 32.1. The predicted octanol–water partition coefficient (Wildman–Crippen LogP) is 2.76. The molecule has 0 saturated carbocycles. The summed E-state index contributed by atoms with van der Waals surface area (Å²) in [6.07, 6.45) is 10.3. The Balaban J connectivity index is 1.50. The number of benzene rings is 1. The van der Waals surface area contributed by atoms with Gasteiger partial charge in [0.25, 0.3) is 5.91 Å². The van der Waals surface area contributed by atoms with E-state index in [0.29, 0.717) is 11.3 Å². The van der Waals surface area contributed by atoms with E-state index in [1.54, 1.807) is 6.07 Å². The summed E-state index contributed by atoms with van der Waals surface area (Å²) in [6.45, 7) is 0. The average Bonchev–Trinajstić information content (AvgIpc) is 3.40. The van der Waals surface area contributed by atoms with E-state index in [2.05, 4.69) is 28.1 Å². The van der Waals surface area contributed by atoms with Crippen LogP contribution in [0.1, 0.15) is 15.2 Å². The average molecular weight is 391 g/mol. The topological polar surface area (TPSA) is 70.2 Å². The lowest BCUT2D eigenvalue weighted by Gasteiger charge is -2.26. The number of nitrogens with one attached hydrogen (secondary N) is 3. The summed E-state index contributed by atoms with van der Waals surface area (Å²) in [5.41, 5.74) is 1.80. The Kier molecular flexibility index (Phi) is 5.39. The van der Waals surface area contributed by atoms with Crippen LogP contribution in [0, 0.1) is 5.92 Å². The fourth-order valence-corrected chi connectivity index (χ4v) is 4.03. The Morgan fingerprint density at radius 2 is 1.96 bits per heavy atom. The van der Waals surface area contributed by atoms with Gasteiger partial charge in [0, 0.05) is 18.0 Å². The molecule has 2 aliphatic rings. The van der Waals surface area contributed by atoms with Gasteiger partial charge in [-0.25, -0.2) is 0 Å². The van der Waals surface area contributed by atoms with Crippen molar-refractivity contribution in [2.45, 2.75) is 18.5 Å². The molecule has 4 rings (SSSR count). The van der Waals surface area contributed by atoms with E-state index >= 15 is 0 Å². The first kappa shape index (κ1) is 18.3. The van der Waals surface area contributed by atoms with Gasteiger partial charge in [0.1, 0.15) is 6.04 Å². The summed E-state index contributed by atoms with van der Waals surface area (Å²) in [7, 11) is 0. The lowest BCUT2D eigenvalue weighted by atomic mass is 9.94. The molecule has 0 fully saturated rings. The largest absolute Gasteiger partial charge is 0.382 e. The molecule has 0 spiro atoms. The van der Waals surface area contributed by atoms with Crippen molar-refractivity contribution in [3.63, 3.8) is 0 Å². The van der Waals surface area contributed by atoms with Crippen LogP contribution >= 0.6 is 11.3 Å². The summed E-state index contributed by atoms with van der Waals surface area (Å²) >= 11 is 1.36. The number of fused-ring (bicyclic) bond motifs is 1. The molecule has 2 amide bonds. The van der Waals surface area contributed by atoms with Crippen molar-refractivity contribution in [2.75, 3.05) is 0 Å². The van der Waals surface area contributed by atoms with E-state index in [1.807, 2.05) is 60.1 Å². The normalized spacial score (nSPS) is 20.6. The zero-order chi connectivity index (χ0) is 19.3. The summed E-state index contributed by atoms with van der Waals surface area (Å²) < 4.78 is 0. The molecule has 1 aliphatic heterocycles. The van der Waals surface area contributed by atoms with Crippen LogP contribution in [-0.4, -0.2) is 23.9 Å². The van der Waals surface area contributed by atoms with Gasteiger partial charge in [-0.05, 0) is 29.3 Å². The van der Waals surface area contributed by atoms with E-state index < -0.39 is 6.04 Å². The van der Waals surface area contributed by atoms with Crippen LogP contribution in [0.15, 0.2) is 84.0 Å². The predicted molar refractivity (Wildman–Crippen MR) is 111 cm³/mol. The second kappa shape index (κ2) is 8.27. The van der Waals surface area contributed by atoms with Crippen LogP contribution in [0.3, 0.4) is 0 Å². The summed E-state index contributed by atoms with van der Waals surface area (Å²) in [6, 6.07) is 12.6. The lowest BCUT2D eigenvalue weighted by molar-refractivity contribution is -0.122. The number of hydrogen-bond acceptors (Lipinski definition) is 4. The maximum absolute atomic E-state index is 13.1. The molecule has 1 aromatic carbocycles. The smallest absolute Gasteiger partial charge is 0.262 e. The molecular weight excluding hydrogens is 370 g/mol. The zero-order valence-electron chi connectivity index (χ0n) is 15.2. The minimum atomic E-state index is -0.670. The maximum Gasteiger partial charge on any atom is 0.262 e. The molecule has 2 aromatic rings. The van der Waals surface area contributed by atoms with Crippen LogP contribution in [-0.2, 0) is 11.2 Å². The Bertz CT molecular complexity index is 932. The maximum atomic E-state index is 13.1. The van der Waals surface area contributed by atoms with E-state index in [1.165, 1.54) is 11.3 Å². The van der Waals surface area contributed by atoms with Crippen molar-refractivity contribution in [1.29, 1.82) is 0 Å². The van der Waals surface area contributed by atoms with E-state index in [-0.39, 0.29) is 23.8 Å². The first-order valence-electron chi connectivity index (χ1n) is 9.21. The number of hydrogen-bond donors (Lipinski definition) is 3. The molecular formula is C22H21N3O2S. The minimum absolute atomic E-state index is 0.0272. The van der Waals surface area contributed by atoms with E-state index in [4.69, 9.17) is 0 Å². The fourth-order valence-electron chi connectivity index (χ4n) is 3.40. The molecule has 0 bridgehead atoms. The van der Waals surface area contributed by atoms with Crippen molar-refractivity contribution < 1.29 is 9.59 Å². The van der Waals surface area contributed by atoms with Gasteiger partial charge in [-0.2, -0.15) is 0 Å². The summed E-state index contributed by atoms with van der Waals surface area (Å²) in [4.78, 5) is 26.2. The molecule has 3 unspecified atom stereocenters. The minimum Gasteiger partial charge on any atom is -0.382 e. The quantitative estimate of drug-likeness (QED) is 0.709. The van der Waals surface area contributed by atoms with Crippen molar-refractivity contribution in [2.24, 2.45) is 5.92 Å². The van der Waals surface area contributed by atoms with Crippen molar-refractivity contribution in [1.82, 2.24) is 16.0 Å². The molecule has 142 valence electrons. The molecule has 5 nitrogen and oxygen atoms in total. The third-order valence-electron chi connectivity index (χ3n) is 4.84. The van der Waals surface area contributed by atoms with Gasteiger partial charge in [0.2, 0.25) is 5.91 Å². The van der Waals surface area contributed by atoms with Crippen LogP contribution in [0.2, 0.25) is 0 Å². The highest BCUT2D eigenvalue weighted by molar-refractivity contribution is 7.12. The van der Waals surface area contributed by atoms with Crippen molar-refractivity contribution >= 4 is 23.2 Å². The molecule has 28 heavy (non-hydrogen) atoms. The van der Waals surface area contributed by atoms with Crippen LogP contribution in [0.25, 0.3) is 0 Å². The van der Waals surface area contributed by atoms with E-state index in [9.17, 15) is 9.59 Å². The molecule has 6 heteroatoms. The zero-order valence-corrected chi connectivity index (χ0v) is 16.0. The first-order valence-corrected chi connectivity index (χ1v) is 10.1. The third kappa shape index (κ3) is 4.07. The number of carbonyl (C=O) groups is 2. The Morgan fingerprint density at radius 3 is 2.75 bits per heavy atom. The SMILES string of the molecule is O=C(NC(Cc1ccccc1)C(=O)NC1=CC=CC2C=CNC12)c1cccs1. The van der Waals surface area contributed by atoms with Crippen LogP contribution in [0.4, 0.5) is 0 Å². The molecule has 1 aromatic heterocycles. The monoisotopic (exact) mass is 391 g/mol. The number of amides is 2.